The minimum absolute atomic E-state index is 0.544. The molecule has 0 saturated carbocycles. The number of benzene rings is 2. The Morgan fingerprint density at radius 2 is 1.73 bits per heavy atom. The zero-order valence-electron chi connectivity index (χ0n) is 13.1. The van der Waals surface area contributed by atoms with Crippen molar-refractivity contribution in [1.82, 2.24) is 0 Å². The summed E-state index contributed by atoms with van der Waals surface area (Å²) in [6, 6.07) is 17.5. The van der Waals surface area contributed by atoms with Crippen molar-refractivity contribution in [3.63, 3.8) is 0 Å². The molecule has 0 radical (unpaired) electrons. The summed E-state index contributed by atoms with van der Waals surface area (Å²) in [5.41, 5.74) is 7.12. The van der Waals surface area contributed by atoms with Gasteiger partial charge in [0.15, 0.2) is 0 Å². The molecule has 108 valence electrons. The second kappa shape index (κ2) is 5.14. The largest absolute Gasteiger partial charge is 0.0836 e. The Labute approximate surface area is 131 Å². The first-order valence-corrected chi connectivity index (χ1v) is 8.00. The average Bonchev–Trinajstić information content (AvgIpc) is 2.60. The summed E-state index contributed by atoms with van der Waals surface area (Å²) in [6.45, 7) is 4.59. The van der Waals surface area contributed by atoms with Gasteiger partial charge in [0.05, 0.1) is 0 Å². The van der Waals surface area contributed by atoms with Crippen LogP contribution in [0.1, 0.15) is 20.3 Å². The summed E-state index contributed by atoms with van der Waals surface area (Å²) in [6.07, 6.45) is 7.92. The second-order valence-corrected chi connectivity index (χ2v) is 6.24. The van der Waals surface area contributed by atoms with E-state index in [9.17, 15) is 0 Å². The fourth-order valence-electron chi connectivity index (χ4n) is 3.90. The van der Waals surface area contributed by atoms with Crippen molar-refractivity contribution in [1.29, 1.82) is 0 Å². The molecule has 2 aromatic rings. The lowest BCUT2D eigenvalue weighted by atomic mass is 9.76. The van der Waals surface area contributed by atoms with Crippen LogP contribution in [-0.4, -0.2) is 0 Å². The predicted molar refractivity (Wildman–Crippen MR) is 94.6 cm³/mol. The van der Waals surface area contributed by atoms with Gasteiger partial charge in [-0.15, -0.1) is 0 Å². The molecule has 2 aliphatic rings. The maximum Gasteiger partial charge on any atom is 0.00922 e. The maximum absolute atomic E-state index is 2.31. The quantitative estimate of drug-likeness (QED) is 0.736. The lowest BCUT2D eigenvalue weighted by Gasteiger charge is -2.28. The van der Waals surface area contributed by atoms with E-state index < -0.39 is 0 Å². The number of rotatable bonds is 1. The molecule has 22 heavy (non-hydrogen) atoms. The Morgan fingerprint density at radius 1 is 0.909 bits per heavy atom. The highest BCUT2D eigenvalue weighted by molar-refractivity contribution is 5.79. The van der Waals surface area contributed by atoms with Crippen molar-refractivity contribution < 1.29 is 0 Å². The van der Waals surface area contributed by atoms with E-state index >= 15 is 0 Å². The van der Waals surface area contributed by atoms with E-state index in [1.807, 2.05) is 0 Å². The number of allylic oxidation sites excluding steroid dienone is 4. The van der Waals surface area contributed by atoms with Gasteiger partial charge in [0.2, 0.25) is 0 Å². The molecule has 2 aliphatic carbocycles. The molecule has 0 bridgehead atoms. The first-order valence-electron chi connectivity index (χ1n) is 8.00. The van der Waals surface area contributed by atoms with Crippen molar-refractivity contribution in [2.45, 2.75) is 20.3 Å². The van der Waals surface area contributed by atoms with E-state index in [4.69, 9.17) is 0 Å². The first-order chi connectivity index (χ1) is 10.8. The third-order valence-corrected chi connectivity index (χ3v) is 5.06. The van der Waals surface area contributed by atoms with Gasteiger partial charge in [-0.1, -0.05) is 72.3 Å². The zero-order valence-corrected chi connectivity index (χ0v) is 13.1. The van der Waals surface area contributed by atoms with E-state index in [0.717, 1.165) is 6.42 Å². The van der Waals surface area contributed by atoms with Crippen LogP contribution in [0.25, 0.3) is 22.3 Å². The van der Waals surface area contributed by atoms with Gasteiger partial charge >= 0.3 is 0 Å². The monoisotopic (exact) mass is 284 g/mol. The maximum atomic E-state index is 2.31. The Kier molecular flexibility index (Phi) is 3.11. The molecule has 0 aromatic heterocycles. The topological polar surface area (TPSA) is 0 Å². The Bertz CT molecular complexity index is 908. The lowest BCUT2D eigenvalue weighted by Crippen LogP contribution is -2.37. The van der Waals surface area contributed by atoms with Crippen LogP contribution in [0.15, 0.2) is 72.3 Å². The van der Waals surface area contributed by atoms with E-state index in [0.29, 0.717) is 5.92 Å². The summed E-state index contributed by atoms with van der Waals surface area (Å²) in [5.74, 6) is 0.544. The van der Waals surface area contributed by atoms with Crippen molar-refractivity contribution in [2.75, 3.05) is 0 Å². The Balaban J connectivity index is 2.12. The fraction of sp³-hybridized carbons (Fsp3) is 0.182. The molecule has 1 atom stereocenters. The van der Waals surface area contributed by atoms with E-state index in [1.54, 1.807) is 0 Å². The van der Waals surface area contributed by atoms with Crippen molar-refractivity contribution in [3.8, 4) is 11.1 Å². The Morgan fingerprint density at radius 3 is 2.55 bits per heavy atom. The van der Waals surface area contributed by atoms with Gasteiger partial charge in [-0.05, 0) is 53.0 Å². The third kappa shape index (κ3) is 1.91. The molecule has 0 heteroatoms. The normalized spacial score (nSPS) is 19.5. The van der Waals surface area contributed by atoms with Crippen LogP contribution in [0.5, 0.6) is 0 Å². The molecule has 0 heterocycles. The smallest absolute Gasteiger partial charge is 0.00922 e. The number of hydrogen-bond acceptors (Lipinski definition) is 0. The zero-order chi connectivity index (χ0) is 15.1. The van der Waals surface area contributed by atoms with Gasteiger partial charge in [-0.25, -0.2) is 0 Å². The van der Waals surface area contributed by atoms with E-state index in [1.165, 1.54) is 38.3 Å². The van der Waals surface area contributed by atoms with Gasteiger partial charge in [0.1, 0.15) is 0 Å². The predicted octanol–water partition coefficient (Wildman–Crippen LogP) is 4.21. The summed E-state index contributed by atoms with van der Waals surface area (Å²) in [7, 11) is 0. The molecule has 2 aromatic carbocycles. The molecule has 0 saturated heterocycles. The standard InChI is InChI=1S/C22H20/c1-15-18-11-6-7-12-19(18)16(2)22-20(15)13-8-14-21(22)17-9-4-3-5-10-17/h3-11,13-14,19H,12H2,1-2H3. The van der Waals surface area contributed by atoms with Crippen LogP contribution in [-0.2, 0) is 0 Å². The highest BCUT2D eigenvalue weighted by Crippen LogP contribution is 2.34. The van der Waals surface area contributed by atoms with E-state index in [2.05, 4.69) is 80.6 Å². The van der Waals surface area contributed by atoms with Crippen molar-refractivity contribution in [2.24, 2.45) is 5.92 Å². The van der Waals surface area contributed by atoms with Gasteiger partial charge in [0, 0.05) is 5.92 Å². The second-order valence-electron chi connectivity index (χ2n) is 6.24. The molecule has 0 N–H and O–H groups in total. The highest BCUT2D eigenvalue weighted by atomic mass is 14.3. The minimum atomic E-state index is 0.544. The molecule has 0 spiro atoms. The van der Waals surface area contributed by atoms with E-state index in [-0.39, 0.29) is 0 Å². The number of fused-ring (bicyclic) bond motifs is 2. The molecule has 0 amide bonds. The SMILES string of the molecule is CC1=c2cccc(-c3ccccc3)c2=C(C)C2CC=CC=C12. The molecular formula is C22H20. The highest BCUT2D eigenvalue weighted by Gasteiger charge is 2.24. The van der Waals surface area contributed by atoms with Crippen LogP contribution in [0.2, 0.25) is 0 Å². The van der Waals surface area contributed by atoms with Crippen LogP contribution >= 0.6 is 0 Å². The Hall–Kier alpha value is -2.34. The summed E-state index contributed by atoms with van der Waals surface area (Å²) in [5, 5.41) is 2.85. The molecule has 4 rings (SSSR count). The summed E-state index contributed by atoms with van der Waals surface area (Å²) >= 11 is 0. The van der Waals surface area contributed by atoms with Crippen LogP contribution in [0.4, 0.5) is 0 Å². The van der Waals surface area contributed by atoms with Crippen molar-refractivity contribution in [3.05, 3.63) is 82.8 Å². The summed E-state index contributed by atoms with van der Waals surface area (Å²) in [4.78, 5) is 0. The fourth-order valence-corrected chi connectivity index (χ4v) is 3.90. The average molecular weight is 284 g/mol. The molecular weight excluding hydrogens is 264 g/mol. The molecule has 0 fully saturated rings. The molecule has 0 nitrogen and oxygen atoms in total. The van der Waals surface area contributed by atoms with Crippen LogP contribution in [0, 0.1) is 5.92 Å². The first kappa shape index (κ1) is 13.3. The third-order valence-electron chi connectivity index (χ3n) is 5.06. The van der Waals surface area contributed by atoms with Gasteiger partial charge < -0.3 is 0 Å². The van der Waals surface area contributed by atoms with Crippen LogP contribution in [0.3, 0.4) is 0 Å². The van der Waals surface area contributed by atoms with Gasteiger partial charge in [-0.3, -0.25) is 0 Å². The lowest BCUT2D eigenvalue weighted by molar-refractivity contribution is 0.789. The van der Waals surface area contributed by atoms with Gasteiger partial charge in [-0.2, -0.15) is 0 Å². The molecule has 1 unspecified atom stereocenters. The summed E-state index contributed by atoms with van der Waals surface area (Å²) < 4.78 is 0. The minimum Gasteiger partial charge on any atom is -0.0836 e. The van der Waals surface area contributed by atoms with Gasteiger partial charge in [0.25, 0.3) is 0 Å². The number of hydrogen-bond donors (Lipinski definition) is 0. The molecule has 0 aliphatic heterocycles. The van der Waals surface area contributed by atoms with Crippen molar-refractivity contribution >= 4 is 11.1 Å². The van der Waals surface area contributed by atoms with Crippen LogP contribution < -0.4 is 10.4 Å².